The summed E-state index contributed by atoms with van der Waals surface area (Å²) in [5.74, 6) is 2.00. The molecule has 2 aromatic carbocycles. The molecule has 0 saturated carbocycles. The molecule has 1 unspecified atom stereocenters. The molecule has 6 aromatic rings. The second-order valence-corrected chi connectivity index (χ2v) is 9.22. The third-order valence-corrected chi connectivity index (χ3v) is 6.86. The molecule has 39 heavy (non-hydrogen) atoms. The molecule has 4 aromatic heterocycles. The van der Waals surface area contributed by atoms with E-state index in [1.54, 1.807) is 36.2 Å². The van der Waals surface area contributed by atoms with Crippen LogP contribution in [-0.4, -0.2) is 42.1 Å². The van der Waals surface area contributed by atoms with Gasteiger partial charge in [0.15, 0.2) is 34.1 Å². The largest absolute Gasteiger partial charge is 0.461 e. The van der Waals surface area contributed by atoms with Gasteiger partial charge in [-0.1, -0.05) is 36.4 Å². The van der Waals surface area contributed by atoms with Crippen molar-refractivity contribution in [2.45, 2.75) is 19.0 Å². The number of hydrogen-bond donors (Lipinski definition) is 2. The highest BCUT2D eigenvalue weighted by atomic mass is 16.7. The van der Waals surface area contributed by atoms with E-state index >= 15 is 0 Å². The van der Waals surface area contributed by atoms with Crippen LogP contribution in [0.2, 0.25) is 0 Å². The molecule has 0 radical (unpaired) electrons. The van der Waals surface area contributed by atoms with Gasteiger partial charge in [0.05, 0.1) is 17.8 Å². The molecule has 1 atom stereocenters. The number of nitrogens with two attached hydrogens (primary N) is 1. The smallest absolute Gasteiger partial charge is 0.252 e. The average molecular weight is 523 g/mol. The van der Waals surface area contributed by atoms with Gasteiger partial charge in [-0.15, -0.1) is 5.10 Å². The zero-order valence-corrected chi connectivity index (χ0v) is 20.7. The number of furan rings is 1. The molecule has 0 bridgehead atoms. The van der Waals surface area contributed by atoms with Crippen LogP contribution in [0.3, 0.4) is 0 Å². The highest BCUT2D eigenvalue weighted by Crippen LogP contribution is 2.34. The van der Waals surface area contributed by atoms with E-state index in [2.05, 4.69) is 25.5 Å². The van der Waals surface area contributed by atoms with E-state index in [1.807, 2.05) is 48.5 Å². The number of nitrogens with one attached hydrogen (secondary N) is 1. The van der Waals surface area contributed by atoms with Crippen LogP contribution in [0, 0.1) is 0 Å². The minimum atomic E-state index is -1.28. The Morgan fingerprint density at radius 1 is 1.05 bits per heavy atom. The van der Waals surface area contributed by atoms with E-state index in [-0.39, 0.29) is 25.2 Å². The maximum Gasteiger partial charge on any atom is 0.252 e. The molecule has 12 nitrogen and oxygen atoms in total. The number of rotatable bonds is 6. The Balaban J connectivity index is 1.31. The standard InChI is InChI=1S/C27H22N8O4/c1-27(17-6-3-2-4-7-17,25(36)29-13-16-9-10-19-21(12-16)39-15-38-19)35-24-18(14-30-35)23-31-22(20-8-5-11-37-20)33-34(23)26(28)32-24/h2-12,14H,13,15H2,1H3,(H2,28,32)(H,29,36). The summed E-state index contributed by atoms with van der Waals surface area (Å²) < 4.78 is 19.3. The minimum absolute atomic E-state index is 0.0979. The molecular weight excluding hydrogens is 500 g/mol. The van der Waals surface area contributed by atoms with Gasteiger partial charge in [0.25, 0.3) is 5.91 Å². The normalized spacial score (nSPS) is 14.1. The number of carbonyl (C=O) groups excluding carboxylic acids is 1. The zero-order valence-electron chi connectivity index (χ0n) is 20.7. The molecular formula is C27H22N8O4. The lowest BCUT2D eigenvalue weighted by Gasteiger charge is -2.30. The number of hydrogen-bond acceptors (Lipinski definition) is 9. The van der Waals surface area contributed by atoms with Crippen LogP contribution in [0.4, 0.5) is 5.95 Å². The van der Waals surface area contributed by atoms with Gasteiger partial charge in [0.2, 0.25) is 18.6 Å². The lowest BCUT2D eigenvalue weighted by Crippen LogP contribution is -2.48. The molecule has 1 aliphatic rings. The van der Waals surface area contributed by atoms with Crippen LogP contribution in [0.5, 0.6) is 11.5 Å². The summed E-state index contributed by atoms with van der Waals surface area (Å²) in [6, 6.07) is 18.5. The van der Waals surface area contributed by atoms with E-state index in [1.165, 1.54) is 4.52 Å². The van der Waals surface area contributed by atoms with Gasteiger partial charge in [-0.2, -0.15) is 14.6 Å². The van der Waals surface area contributed by atoms with Gasteiger partial charge in [-0.05, 0) is 42.3 Å². The van der Waals surface area contributed by atoms with Gasteiger partial charge in [-0.3, -0.25) is 4.79 Å². The van der Waals surface area contributed by atoms with E-state index in [0.29, 0.717) is 39.8 Å². The molecule has 0 spiro atoms. The number of nitrogens with zero attached hydrogens (tertiary/aromatic N) is 6. The van der Waals surface area contributed by atoms with Gasteiger partial charge < -0.3 is 24.9 Å². The first-order valence-corrected chi connectivity index (χ1v) is 12.2. The molecule has 12 heteroatoms. The highest BCUT2D eigenvalue weighted by molar-refractivity contribution is 5.94. The third-order valence-electron chi connectivity index (χ3n) is 6.86. The maximum atomic E-state index is 14.0. The molecule has 5 heterocycles. The van der Waals surface area contributed by atoms with E-state index in [0.717, 1.165) is 11.1 Å². The highest BCUT2D eigenvalue weighted by Gasteiger charge is 2.40. The Bertz CT molecular complexity index is 1840. The van der Waals surface area contributed by atoms with Gasteiger partial charge in [0, 0.05) is 6.54 Å². The molecule has 7 rings (SSSR count). The number of amides is 1. The van der Waals surface area contributed by atoms with Crippen molar-refractivity contribution in [3.8, 4) is 23.1 Å². The summed E-state index contributed by atoms with van der Waals surface area (Å²) in [7, 11) is 0. The fourth-order valence-electron chi connectivity index (χ4n) is 4.76. The molecule has 1 amide bonds. The second-order valence-electron chi connectivity index (χ2n) is 9.22. The topological polar surface area (TPSA) is 148 Å². The van der Waals surface area contributed by atoms with Crippen LogP contribution in [0.25, 0.3) is 28.3 Å². The number of nitrogen functional groups attached to an aromatic ring is 1. The fraction of sp³-hybridized carbons (Fsp3) is 0.148. The number of carbonyl (C=O) groups is 1. The van der Waals surface area contributed by atoms with E-state index in [9.17, 15) is 4.79 Å². The van der Waals surface area contributed by atoms with Crippen molar-refractivity contribution in [1.29, 1.82) is 0 Å². The van der Waals surface area contributed by atoms with Crippen molar-refractivity contribution in [2.75, 3.05) is 12.5 Å². The lowest BCUT2D eigenvalue weighted by molar-refractivity contribution is -0.127. The van der Waals surface area contributed by atoms with Crippen molar-refractivity contribution in [3.63, 3.8) is 0 Å². The third kappa shape index (κ3) is 3.56. The van der Waals surface area contributed by atoms with Crippen LogP contribution in [-0.2, 0) is 16.9 Å². The molecule has 194 valence electrons. The average Bonchev–Trinajstić information content (AvgIpc) is 3.77. The summed E-state index contributed by atoms with van der Waals surface area (Å²) in [6.07, 6.45) is 3.16. The van der Waals surface area contributed by atoms with Crippen LogP contribution in [0.15, 0.2) is 77.5 Å². The first-order valence-electron chi connectivity index (χ1n) is 12.2. The van der Waals surface area contributed by atoms with Crippen LogP contribution in [0.1, 0.15) is 18.1 Å². The molecule has 3 N–H and O–H groups in total. The van der Waals surface area contributed by atoms with Gasteiger partial charge >= 0.3 is 0 Å². The maximum absolute atomic E-state index is 14.0. The number of aromatic nitrogens is 6. The van der Waals surface area contributed by atoms with Crippen molar-refractivity contribution in [2.24, 2.45) is 0 Å². The Hall–Kier alpha value is -5.39. The summed E-state index contributed by atoms with van der Waals surface area (Å²) in [6.45, 7) is 2.25. The lowest BCUT2D eigenvalue weighted by atomic mass is 9.91. The molecule has 0 saturated heterocycles. The zero-order chi connectivity index (χ0) is 26.6. The molecule has 0 aliphatic carbocycles. The molecule has 0 fully saturated rings. The predicted molar refractivity (Wildman–Crippen MR) is 140 cm³/mol. The Kier molecular flexibility index (Phi) is 5.01. The second kappa shape index (κ2) is 8.58. The number of anilines is 1. The summed E-state index contributed by atoms with van der Waals surface area (Å²) in [4.78, 5) is 23.2. The number of fused-ring (bicyclic) bond motifs is 4. The van der Waals surface area contributed by atoms with Crippen molar-refractivity contribution in [3.05, 3.63) is 84.3 Å². The van der Waals surface area contributed by atoms with Gasteiger partial charge in [-0.25, -0.2) is 9.67 Å². The van der Waals surface area contributed by atoms with Crippen molar-refractivity contribution < 1.29 is 18.7 Å². The minimum Gasteiger partial charge on any atom is -0.461 e. The Morgan fingerprint density at radius 2 is 1.90 bits per heavy atom. The summed E-state index contributed by atoms with van der Waals surface area (Å²) >= 11 is 0. The van der Waals surface area contributed by atoms with Crippen LogP contribution < -0.4 is 20.5 Å². The SMILES string of the molecule is CC(C(=O)NCc1ccc2c(c1)OCO2)(c1ccccc1)n1ncc2c1nc(N)n1nc(-c3ccco3)nc21. The number of ether oxygens (including phenoxy) is 2. The van der Waals surface area contributed by atoms with Crippen LogP contribution >= 0.6 is 0 Å². The summed E-state index contributed by atoms with van der Waals surface area (Å²) in [5, 5.41) is 12.7. The van der Waals surface area contributed by atoms with E-state index < -0.39 is 5.54 Å². The van der Waals surface area contributed by atoms with Gasteiger partial charge in [0.1, 0.15) is 0 Å². The first-order chi connectivity index (χ1) is 19.0. The fourth-order valence-corrected chi connectivity index (χ4v) is 4.76. The predicted octanol–water partition coefficient (Wildman–Crippen LogP) is 3.12. The van der Waals surface area contributed by atoms with E-state index in [4.69, 9.17) is 19.6 Å². The quantitative estimate of drug-likeness (QED) is 0.337. The first kappa shape index (κ1) is 22.8. The molecule has 1 aliphatic heterocycles. The van der Waals surface area contributed by atoms with Crippen molar-refractivity contribution >= 4 is 28.5 Å². The van der Waals surface area contributed by atoms with Crippen molar-refractivity contribution in [1.82, 2.24) is 34.7 Å². The monoisotopic (exact) mass is 522 g/mol. The Morgan fingerprint density at radius 3 is 2.72 bits per heavy atom. The summed E-state index contributed by atoms with van der Waals surface area (Å²) in [5.41, 5.74) is 7.46. The number of benzene rings is 2. The Labute approximate surface area is 221 Å².